The molecule has 1 saturated heterocycles. The Balaban J connectivity index is 0.00000210. The third-order valence-corrected chi connectivity index (χ3v) is 6.59. The summed E-state index contributed by atoms with van der Waals surface area (Å²) in [5, 5.41) is 12.4. The van der Waals surface area contributed by atoms with Crippen molar-refractivity contribution >= 4 is 35.0 Å². The maximum absolute atomic E-state index is 11.5. The molecule has 10 heteroatoms. The van der Waals surface area contributed by atoms with E-state index in [2.05, 4.69) is 21.4 Å². The first kappa shape index (κ1) is 26.4. The Kier molecular flexibility index (Phi) is 10.7. The number of nitrogens with two attached hydrogens (primary N) is 1. The number of halogens is 2. The normalized spacial score (nSPS) is 25.5. The van der Waals surface area contributed by atoms with E-state index in [1.807, 2.05) is 18.2 Å². The molecule has 0 bridgehead atoms. The van der Waals surface area contributed by atoms with Gasteiger partial charge in [0.25, 0.3) is 10.2 Å². The topological polar surface area (TPSA) is 105 Å². The van der Waals surface area contributed by atoms with Crippen molar-refractivity contribution in [3.63, 3.8) is 0 Å². The average Bonchev–Trinajstić information content (AvgIpc) is 2.68. The Morgan fingerprint density at radius 2 is 1.76 bits per heavy atom. The highest BCUT2D eigenvalue weighted by atomic mass is 35.5. The molecule has 1 aliphatic heterocycles. The molecule has 168 valence electrons. The minimum absolute atomic E-state index is 0. The highest BCUT2D eigenvalue weighted by molar-refractivity contribution is 7.87. The number of benzene rings is 1. The van der Waals surface area contributed by atoms with Crippen molar-refractivity contribution in [2.45, 2.75) is 56.0 Å². The van der Waals surface area contributed by atoms with Crippen molar-refractivity contribution in [3.8, 4) is 5.75 Å². The Morgan fingerprint density at radius 1 is 1.14 bits per heavy atom. The lowest BCUT2D eigenvalue weighted by molar-refractivity contribution is 0.224. The molecule has 3 rings (SSSR count). The fraction of sp³-hybridized carbons (Fsp3) is 0.684. The molecule has 0 aromatic heterocycles. The molecule has 1 aliphatic carbocycles. The molecular formula is C19H34Cl2N4O3S. The number of hydrogen-bond donors (Lipinski definition) is 4. The zero-order valence-corrected chi connectivity index (χ0v) is 19.3. The van der Waals surface area contributed by atoms with Crippen molar-refractivity contribution < 1.29 is 13.2 Å². The summed E-state index contributed by atoms with van der Waals surface area (Å²) in [6.45, 7) is 2.48. The van der Waals surface area contributed by atoms with Crippen LogP contribution in [-0.2, 0) is 15.6 Å². The molecule has 0 unspecified atom stereocenters. The molecule has 1 aromatic carbocycles. The van der Waals surface area contributed by atoms with Crippen molar-refractivity contribution in [2.75, 3.05) is 26.7 Å². The summed E-state index contributed by atoms with van der Waals surface area (Å²) in [5.74, 6) is 0.789. The van der Waals surface area contributed by atoms with Gasteiger partial charge >= 0.3 is 0 Å². The van der Waals surface area contributed by atoms with Gasteiger partial charge in [-0.3, -0.25) is 0 Å². The lowest BCUT2D eigenvalue weighted by atomic mass is 9.68. The number of ether oxygens (including phenoxy) is 1. The molecule has 1 saturated carbocycles. The molecule has 0 spiro atoms. The summed E-state index contributed by atoms with van der Waals surface area (Å²) < 4.78 is 31.0. The minimum atomic E-state index is -3.73. The lowest BCUT2D eigenvalue weighted by Crippen LogP contribution is -2.50. The van der Waals surface area contributed by atoms with E-state index in [1.54, 1.807) is 7.11 Å². The lowest BCUT2D eigenvalue weighted by Gasteiger charge is -2.42. The van der Waals surface area contributed by atoms with Crippen LogP contribution in [0.2, 0.25) is 0 Å². The fourth-order valence-electron chi connectivity index (χ4n) is 4.42. The minimum Gasteiger partial charge on any atom is -0.497 e. The second-order valence-electron chi connectivity index (χ2n) is 7.84. The van der Waals surface area contributed by atoms with Gasteiger partial charge < -0.3 is 15.4 Å². The van der Waals surface area contributed by atoms with Gasteiger partial charge in [-0.15, -0.1) is 24.8 Å². The van der Waals surface area contributed by atoms with Crippen LogP contribution < -0.4 is 25.2 Å². The largest absolute Gasteiger partial charge is 0.497 e. The number of rotatable bonds is 7. The van der Waals surface area contributed by atoms with Gasteiger partial charge in [0.05, 0.1) is 7.11 Å². The first-order valence-corrected chi connectivity index (χ1v) is 11.3. The molecular weight excluding hydrogens is 435 g/mol. The molecule has 1 heterocycles. The third kappa shape index (κ3) is 7.54. The van der Waals surface area contributed by atoms with Gasteiger partial charge in [0, 0.05) is 24.0 Å². The molecule has 5 N–H and O–H groups in total. The number of nitrogens with one attached hydrogen (secondary N) is 3. The van der Waals surface area contributed by atoms with Crippen LogP contribution in [0.15, 0.2) is 24.3 Å². The summed E-state index contributed by atoms with van der Waals surface area (Å²) >= 11 is 0. The maximum atomic E-state index is 11.5. The van der Waals surface area contributed by atoms with E-state index in [4.69, 9.17) is 9.88 Å². The smallest absolute Gasteiger partial charge is 0.274 e. The quantitative estimate of drug-likeness (QED) is 0.488. The van der Waals surface area contributed by atoms with Crippen LogP contribution in [0.5, 0.6) is 5.75 Å². The monoisotopic (exact) mass is 468 g/mol. The Labute approximate surface area is 186 Å². The Hall–Kier alpha value is -0.610. The summed E-state index contributed by atoms with van der Waals surface area (Å²) in [4.78, 5) is 0. The first-order valence-electron chi connectivity index (χ1n) is 9.79. The van der Waals surface area contributed by atoms with E-state index < -0.39 is 10.2 Å². The van der Waals surface area contributed by atoms with Gasteiger partial charge in [-0.25, -0.2) is 9.86 Å². The second-order valence-corrected chi connectivity index (χ2v) is 9.22. The molecule has 2 fully saturated rings. The predicted molar refractivity (Wildman–Crippen MR) is 122 cm³/mol. The maximum Gasteiger partial charge on any atom is 0.274 e. The van der Waals surface area contributed by atoms with Gasteiger partial charge in [0.15, 0.2) is 0 Å². The standard InChI is InChI=1S/C19H32N4O3S.2ClH/c1-26-18-4-2-3-15(13-18)19(14-22-27(20,24)25)9-5-16(6-10-19)23-17-7-11-21-12-8-17;;/h2-4,13,16-17,21-23H,5-12,14H2,1H3,(H2,20,24,25);2*1H/t16-,19-;;. The summed E-state index contributed by atoms with van der Waals surface area (Å²) in [6, 6.07) is 9.03. The van der Waals surface area contributed by atoms with Crippen molar-refractivity contribution in [1.82, 2.24) is 15.4 Å². The number of methoxy groups -OCH3 is 1. The summed E-state index contributed by atoms with van der Waals surface area (Å²) in [6.07, 6.45) is 6.20. The van der Waals surface area contributed by atoms with Crippen LogP contribution in [0.3, 0.4) is 0 Å². The summed E-state index contributed by atoms with van der Waals surface area (Å²) in [7, 11) is -2.08. The van der Waals surface area contributed by atoms with Gasteiger partial charge in [0.1, 0.15) is 5.75 Å². The SMILES string of the molecule is COc1cccc([C@]2(CNS(N)(=O)=O)CC[C@@H](NC3CCNCC3)CC2)c1.Cl.Cl. The van der Waals surface area contributed by atoms with Gasteiger partial charge in [-0.05, 0) is 69.3 Å². The Morgan fingerprint density at radius 3 is 2.34 bits per heavy atom. The van der Waals surface area contributed by atoms with Crippen LogP contribution in [0.25, 0.3) is 0 Å². The summed E-state index contributed by atoms with van der Waals surface area (Å²) in [5.41, 5.74) is 0.853. The molecule has 0 radical (unpaired) electrons. The van der Waals surface area contributed by atoms with Crippen LogP contribution in [0, 0.1) is 0 Å². The Bertz CT molecular complexity index is 722. The van der Waals surface area contributed by atoms with Crippen LogP contribution >= 0.6 is 24.8 Å². The highest BCUT2D eigenvalue weighted by Gasteiger charge is 2.38. The average molecular weight is 469 g/mol. The third-order valence-electron chi connectivity index (χ3n) is 6.05. The highest BCUT2D eigenvalue weighted by Crippen LogP contribution is 2.40. The number of piperidine rings is 1. The van der Waals surface area contributed by atoms with E-state index in [1.165, 1.54) is 12.8 Å². The van der Waals surface area contributed by atoms with Crippen LogP contribution in [0.1, 0.15) is 44.1 Å². The van der Waals surface area contributed by atoms with Gasteiger partial charge in [-0.2, -0.15) is 8.42 Å². The van der Waals surface area contributed by atoms with E-state index >= 15 is 0 Å². The van der Waals surface area contributed by atoms with Crippen LogP contribution in [-0.4, -0.2) is 47.2 Å². The fourth-order valence-corrected chi connectivity index (χ4v) is 4.90. The van der Waals surface area contributed by atoms with Crippen molar-refractivity contribution in [2.24, 2.45) is 5.14 Å². The molecule has 7 nitrogen and oxygen atoms in total. The van der Waals surface area contributed by atoms with Gasteiger partial charge in [-0.1, -0.05) is 12.1 Å². The molecule has 29 heavy (non-hydrogen) atoms. The first-order chi connectivity index (χ1) is 12.9. The van der Waals surface area contributed by atoms with Gasteiger partial charge in [0.2, 0.25) is 0 Å². The van der Waals surface area contributed by atoms with E-state index in [9.17, 15) is 8.42 Å². The van der Waals surface area contributed by atoms with Crippen LogP contribution in [0.4, 0.5) is 0 Å². The molecule has 0 atom stereocenters. The zero-order chi connectivity index (χ0) is 19.3. The molecule has 0 amide bonds. The predicted octanol–water partition coefficient (Wildman–Crippen LogP) is 1.85. The van der Waals surface area contributed by atoms with E-state index in [0.29, 0.717) is 18.6 Å². The van der Waals surface area contributed by atoms with E-state index in [0.717, 1.165) is 50.1 Å². The van der Waals surface area contributed by atoms with Crippen molar-refractivity contribution in [3.05, 3.63) is 29.8 Å². The molecule has 2 aliphatic rings. The molecule has 1 aromatic rings. The van der Waals surface area contributed by atoms with Crippen molar-refractivity contribution in [1.29, 1.82) is 0 Å². The number of hydrogen-bond acceptors (Lipinski definition) is 5. The zero-order valence-electron chi connectivity index (χ0n) is 16.9. The second kappa shape index (κ2) is 11.7. The van der Waals surface area contributed by atoms with E-state index in [-0.39, 0.29) is 30.2 Å².